The van der Waals surface area contributed by atoms with E-state index in [-0.39, 0.29) is 12.1 Å². The molecule has 0 aliphatic carbocycles. The Morgan fingerprint density at radius 2 is 2.37 bits per heavy atom. The minimum atomic E-state index is -0.141. The Balaban J connectivity index is 1.79. The molecule has 0 saturated carbocycles. The predicted molar refractivity (Wildman–Crippen MR) is 74.6 cm³/mol. The minimum absolute atomic E-state index is 0.141. The van der Waals surface area contributed by atoms with E-state index in [2.05, 4.69) is 20.7 Å². The van der Waals surface area contributed by atoms with Crippen molar-refractivity contribution >= 4 is 17.4 Å². The third-order valence-corrected chi connectivity index (χ3v) is 3.21. The average Bonchev–Trinajstić information content (AvgIpc) is 2.97. The summed E-state index contributed by atoms with van der Waals surface area (Å²) in [7, 11) is 0. The van der Waals surface area contributed by atoms with Gasteiger partial charge in [0.2, 0.25) is 5.13 Å². The van der Waals surface area contributed by atoms with Crippen LogP contribution < -0.4 is 10.6 Å². The van der Waals surface area contributed by atoms with Crippen LogP contribution in [0.1, 0.15) is 19.5 Å². The van der Waals surface area contributed by atoms with Crippen molar-refractivity contribution in [2.45, 2.75) is 26.3 Å². The Kier molecular flexibility index (Phi) is 4.51. The molecule has 0 saturated heterocycles. The molecule has 0 aromatic carbocycles. The summed E-state index contributed by atoms with van der Waals surface area (Å²) in [5.41, 5.74) is 0.959. The highest BCUT2D eigenvalue weighted by Gasteiger charge is 2.05. The third-order valence-electron chi connectivity index (χ3n) is 2.33. The number of nitrogens with zero attached hydrogens (tertiary/aromatic N) is 3. The van der Waals surface area contributed by atoms with Crippen LogP contribution in [0.5, 0.6) is 0 Å². The van der Waals surface area contributed by atoms with Crippen molar-refractivity contribution in [3.8, 4) is 5.13 Å². The van der Waals surface area contributed by atoms with Gasteiger partial charge in [0, 0.05) is 36.8 Å². The molecule has 0 aliphatic rings. The van der Waals surface area contributed by atoms with Crippen LogP contribution in [0.15, 0.2) is 23.8 Å². The zero-order chi connectivity index (χ0) is 13.7. The van der Waals surface area contributed by atoms with E-state index in [4.69, 9.17) is 0 Å². The van der Waals surface area contributed by atoms with Crippen molar-refractivity contribution in [3.63, 3.8) is 0 Å². The summed E-state index contributed by atoms with van der Waals surface area (Å²) < 4.78 is 1.73. The minimum Gasteiger partial charge on any atom is -0.338 e. The lowest BCUT2D eigenvalue weighted by atomic mass is 10.3. The first-order valence-electron chi connectivity index (χ1n) is 6.14. The van der Waals surface area contributed by atoms with Crippen LogP contribution in [0.25, 0.3) is 5.13 Å². The fourth-order valence-electron chi connectivity index (χ4n) is 1.52. The normalized spacial score (nSPS) is 10.7. The van der Waals surface area contributed by atoms with Crippen LogP contribution in [-0.4, -0.2) is 33.4 Å². The summed E-state index contributed by atoms with van der Waals surface area (Å²) in [5.74, 6) is 0. The van der Waals surface area contributed by atoms with Crippen molar-refractivity contribution in [2.24, 2.45) is 0 Å². The third kappa shape index (κ3) is 4.06. The number of urea groups is 1. The molecule has 0 radical (unpaired) electrons. The molecule has 0 bridgehead atoms. The highest BCUT2D eigenvalue weighted by Crippen LogP contribution is 2.13. The van der Waals surface area contributed by atoms with E-state index in [9.17, 15) is 4.79 Å². The van der Waals surface area contributed by atoms with Gasteiger partial charge in [-0.05, 0) is 19.9 Å². The van der Waals surface area contributed by atoms with E-state index in [1.807, 2.05) is 31.5 Å². The molecule has 0 fully saturated rings. The lowest BCUT2D eigenvalue weighted by Crippen LogP contribution is -2.40. The highest BCUT2D eigenvalue weighted by molar-refractivity contribution is 7.12. The van der Waals surface area contributed by atoms with Crippen molar-refractivity contribution in [1.82, 2.24) is 25.4 Å². The second kappa shape index (κ2) is 6.33. The molecule has 2 rings (SSSR count). The number of amides is 2. The molecule has 2 heterocycles. The van der Waals surface area contributed by atoms with E-state index < -0.39 is 0 Å². The summed E-state index contributed by atoms with van der Waals surface area (Å²) in [6.07, 6.45) is 4.29. The second-order valence-corrected chi connectivity index (χ2v) is 5.21. The van der Waals surface area contributed by atoms with Gasteiger partial charge in [-0.1, -0.05) is 0 Å². The summed E-state index contributed by atoms with van der Waals surface area (Å²) in [6.45, 7) is 4.42. The largest absolute Gasteiger partial charge is 0.338 e. The van der Waals surface area contributed by atoms with Crippen LogP contribution >= 0.6 is 11.3 Å². The molecular formula is C12H17N5OS. The Morgan fingerprint density at radius 3 is 3.05 bits per heavy atom. The number of hydrogen-bond donors (Lipinski definition) is 2. The number of thiazole rings is 1. The van der Waals surface area contributed by atoms with Crippen LogP contribution in [0.4, 0.5) is 4.79 Å². The van der Waals surface area contributed by atoms with Gasteiger partial charge in [0.05, 0.1) is 5.69 Å². The van der Waals surface area contributed by atoms with Gasteiger partial charge >= 0.3 is 6.03 Å². The van der Waals surface area contributed by atoms with Gasteiger partial charge in [0.15, 0.2) is 0 Å². The molecule has 0 unspecified atom stereocenters. The summed E-state index contributed by atoms with van der Waals surface area (Å²) in [6, 6.07) is 1.86. The van der Waals surface area contributed by atoms with E-state index >= 15 is 0 Å². The summed E-state index contributed by atoms with van der Waals surface area (Å²) in [5, 5.41) is 12.5. The standard InChI is InChI=1S/C12H17N5OS/c1-9(2)15-11(18)13-6-4-10-8-19-12(16-10)17-7-3-5-14-17/h3,5,7-9H,4,6H2,1-2H3,(H2,13,15,18). The maximum absolute atomic E-state index is 11.4. The van der Waals surface area contributed by atoms with E-state index in [0.717, 1.165) is 10.8 Å². The maximum Gasteiger partial charge on any atom is 0.314 e. The topological polar surface area (TPSA) is 71.8 Å². The lowest BCUT2D eigenvalue weighted by Gasteiger charge is -2.09. The second-order valence-electron chi connectivity index (χ2n) is 4.38. The summed E-state index contributed by atoms with van der Waals surface area (Å²) in [4.78, 5) is 15.8. The first kappa shape index (κ1) is 13.5. The number of aromatic nitrogens is 3. The zero-order valence-electron chi connectivity index (χ0n) is 11.0. The van der Waals surface area contributed by atoms with Gasteiger partial charge in [0.25, 0.3) is 0 Å². The van der Waals surface area contributed by atoms with Crippen molar-refractivity contribution in [3.05, 3.63) is 29.5 Å². The van der Waals surface area contributed by atoms with E-state index in [0.29, 0.717) is 13.0 Å². The lowest BCUT2D eigenvalue weighted by molar-refractivity contribution is 0.238. The monoisotopic (exact) mass is 279 g/mol. The molecule has 2 aromatic heterocycles. The average molecular weight is 279 g/mol. The number of hydrogen-bond acceptors (Lipinski definition) is 4. The Bertz CT molecular complexity index is 520. The van der Waals surface area contributed by atoms with Crippen molar-refractivity contribution in [1.29, 1.82) is 0 Å². The van der Waals surface area contributed by atoms with Gasteiger partial charge in [-0.3, -0.25) is 0 Å². The molecule has 6 nitrogen and oxygen atoms in total. The van der Waals surface area contributed by atoms with Gasteiger partial charge in [-0.25, -0.2) is 14.5 Å². The number of nitrogens with one attached hydrogen (secondary N) is 2. The van der Waals surface area contributed by atoms with Gasteiger partial charge in [-0.15, -0.1) is 11.3 Å². The first-order chi connectivity index (χ1) is 9.15. The van der Waals surface area contributed by atoms with E-state index in [1.54, 1.807) is 10.9 Å². The highest BCUT2D eigenvalue weighted by atomic mass is 32.1. The predicted octanol–water partition coefficient (Wildman–Crippen LogP) is 1.58. The molecule has 2 aromatic rings. The SMILES string of the molecule is CC(C)NC(=O)NCCc1csc(-n2cccn2)n1. The fourth-order valence-corrected chi connectivity index (χ4v) is 2.31. The molecule has 2 N–H and O–H groups in total. The van der Waals surface area contributed by atoms with Gasteiger partial charge < -0.3 is 10.6 Å². The van der Waals surface area contributed by atoms with Crippen LogP contribution in [-0.2, 0) is 6.42 Å². The first-order valence-corrected chi connectivity index (χ1v) is 7.02. The fraction of sp³-hybridized carbons (Fsp3) is 0.417. The molecule has 7 heteroatoms. The molecule has 0 spiro atoms. The zero-order valence-corrected chi connectivity index (χ0v) is 11.8. The number of rotatable bonds is 5. The smallest absolute Gasteiger partial charge is 0.314 e. The number of carbonyl (C=O) groups excluding carboxylic acids is 1. The van der Waals surface area contributed by atoms with Gasteiger partial charge in [-0.2, -0.15) is 5.10 Å². The van der Waals surface area contributed by atoms with E-state index in [1.165, 1.54) is 11.3 Å². The summed E-state index contributed by atoms with van der Waals surface area (Å²) >= 11 is 1.54. The number of carbonyl (C=O) groups is 1. The van der Waals surface area contributed by atoms with Crippen molar-refractivity contribution in [2.75, 3.05) is 6.54 Å². The van der Waals surface area contributed by atoms with Gasteiger partial charge in [0.1, 0.15) is 0 Å². The van der Waals surface area contributed by atoms with Crippen LogP contribution in [0.2, 0.25) is 0 Å². The Labute approximate surface area is 115 Å². The van der Waals surface area contributed by atoms with Crippen LogP contribution in [0, 0.1) is 0 Å². The molecule has 2 amide bonds. The Hall–Kier alpha value is -1.89. The molecule has 0 aliphatic heterocycles. The molecule has 19 heavy (non-hydrogen) atoms. The quantitative estimate of drug-likeness (QED) is 0.873. The maximum atomic E-state index is 11.4. The molecule has 0 atom stereocenters. The van der Waals surface area contributed by atoms with Crippen molar-refractivity contribution < 1.29 is 4.79 Å². The Morgan fingerprint density at radius 1 is 1.53 bits per heavy atom. The molecule has 102 valence electrons. The molecular weight excluding hydrogens is 262 g/mol. The van der Waals surface area contributed by atoms with Crippen LogP contribution in [0.3, 0.4) is 0 Å².